The average molecular weight is 368 g/mol. The molecular weight excluding hydrogens is 340 g/mol. The molecule has 0 spiro atoms. The fraction of sp³-hybridized carbons (Fsp3) is 0.476. The second-order valence-electron chi connectivity index (χ2n) is 7.15. The molecule has 1 unspecified atom stereocenters. The predicted molar refractivity (Wildman–Crippen MR) is 109 cm³/mol. The smallest absolute Gasteiger partial charge is 0.267 e. The number of aryl methyl sites for hydroxylation is 1. The molecule has 1 N–H and O–H groups in total. The van der Waals surface area contributed by atoms with Crippen molar-refractivity contribution in [3.63, 3.8) is 0 Å². The fourth-order valence-corrected chi connectivity index (χ4v) is 3.24. The number of nitrogens with one attached hydrogen (secondary N) is 1. The summed E-state index contributed by atoms with van der Waals surface area (Å²) in [5, 5.41) is 7.36. The van der Waals surface area contributed by atoms with Crippen LogP contribution in [0.3, 0.4) is 0 Å². The van der Waals surface area contributed by atoms with Crippen LogP contribution in [-0.4, -0.2) is 28.8 Å². The third kappa shape index (κ3) is 4.21. The van der Waals surface area contributed by atoms with Gasteiger partial charge in [-0.25, -0.2) is 4.68 Å². The van der Waals surface area contributed by atoms with Crippen LogP contribution in [0.2, 0.25) is 0 Å². The van der Waals surface area contributed by atoms with Gasteiger partial charge in [-0.3, -0.25) is 9.59 Å². The summed E-state index contributed by atoms with van der Waals surface area (Å²) >= 11 is 0. The lowest BCUT2D eigenvalue weighted by Gasteiger charge is -2.22. The van der Waals surface area contributed by atoms with Crippen LogP contribution in [0, 0.1) is 6.92 Å². The van der Waals surface area contributed by atoms with Crippen LogP contribution >= 0.6 is 0 Å². The Labute approximate surface area is 160 Å². The van der Waals surface area contributed by atoms with Crippen molar-refractivity contribution in [1.29, 1.82) is 0 Å². The van der Waals surface area contributed by atoms with E-state index < -0.39 is 6.04 Å². The Hall–Kier alpha value is -2.63. The lowest BCUT2D eigenvalue weighted by molar-refractivity contribution is -0.119. The molecule has 1 aromatic carbocycles. The summed E-state index contributed by atoms with van der Waals surface area (Å²) in [7, 11) is 0. The second kappa shape index (κ2) is 7.94. The first-order valence-electron chi connectivity index (χ1n) is 9.70. The number of hydrogen-bond donors (Lipinski definition) is 1. The lowest BCUT2D eigenvalue weighted by atomic mass is 10.1. The summed E-state index contributed by atoms with van der Waals surface area (Å²) in [4.78, 5) is 27.2. The minimum atomic E-state index is -0.668. The summed E-state index contributed by atoms with van der Waals surface area (Å²) in [6, 6.07) is 8.62. The number of anilines is 2. The first-order chi connectivity index (χ1) is 12.9. The van der Waals surface area contributed by atoms with Gasteiger partial charge < -0.3 is 10.2 Å². The fourth-order valence-electron chi connectivity index (χ4n) is 3.24. The number of amides is 1. The molecule has 6 nitrogen and oxygen atoms in total. The number of carbonyl (C=O) groups excluding carboxylic acids is 1. The number of hydrogen-bond acceptors (Lipinski definition) is 4. The van der Waals surface area contributed by atoms with Gasteiger partial charge in [0.1, 0.15) is 6.04 Å². The van der Waals surface area contributed by atoms with Crippen molar-refractivity contribution in [2.75, 3.05) is 23.3 Å². The Morgan fingerprint density at radius 3 is 2.56 bits per heavy atom. The number of carbonyl (C=O) groups is 1. The highest BCUT2D eigenvalue weighted by Crippen LogP contribution is 2.38. The van der Waals surface area contributed by atoms with E-state index >= 15 is 0 Å². The van der Waals surface area contributed by atoms with Gasteiger partial charge >= 0.3 is 0 Å². The number of nitrogens with zero attached hydrogens (tertiary/aromatic N) is 3. The van der Waals surface area contributed by atoms with Crippen molar-refractivity contribution < 1.29 is 4.79 Å². The van der Waals surface area contributed by atoms with Gasteiger partial charge in [0.15, 0.2) is 0 Å². The van der Waals surface area contributed by atoms with Crippen molar-refractivity contribution >= 4 is 17.3 Å². The molecule has 1 aromatic heterocycles. The van der Waals surface area contributed by atoms with Crippen LogP contribution in [-0.2, 0) is 4.79 Å². The van der Waals surface area contributed by atoms with Crippen LogP contribution < -0.4 is 15.8 Å². The maximum atomic E-state index is 12.7. The molecule has 1 fully saturated rings. The van der Waals surface area contributed by atoms with Gasteiger partial charge in [0.25, 0.3) is 5.56 Å². The number of aromatic nitrogens is 2. The van der Waals surface area contributed by atoms with Crippen LogP contribution in [0.25, 0.3) is 0 Å². The monoisotopic (exact) mass is 368 g/mol. The van der Waals surface area contributed by atoms with Crippen molar-refractivity contribution in [1.82, 2.24) is 9.78 Å². The van der Waals surface area contributed by atoms with Gasteiger partial charge in [0.05, 0.1) is 5.69 Å². The van der Waals surface area contributed by atoms with Crippen molar-refractivity contribution in [3.8, 4) is 0 Å². The van der Waals surface area contributed by atoms with Crippen LogP contribution in [0.4, 0.5) is 11.4 Å². The van der Waals surface area contributed by atoms with E-state index in [1.165, 1.54) is 10.7 Å². The van der Waals surface area contributed by atoms with Crippen molar-refractivity contribution in [3.05, 3.63) is 51.9 Å². The molecule has 0 bridgehead atoms. The Morgan fingerprint density at radius 2 is 1.96 bits per heavy atom. The predicted octanol–water partition coefficient (Wildman–Crippen LogP) is 3.48. The van der Waals surface area contributed by atoms with E-state index in [9.17, 15) is 9.59 Å². The zero-order valence-electron chi connectivity index (χ0n) is 16.5. The molecule has 1 amide bonds. The van der Waals surface area contributed by atoms with Crippen LogP contribution in [0.5, 0.6) is 0 Å². The Bertz CT molecular complexity index is 882. The maximum absolute atomic E-state index is 12.7. The SMILES string of the molecule is CCN(CC)c1ccc(NC(=O)C(C)n2nc(C3CC3)ccc2=O)c(C)c1. The first kappa shape index (κ1) is 19.1. The molecule has 144 valence electrons. The summed E-state index contributed by atoms with van der Waals surface area (Å²) < 4.78 is 1.29. The van der Waals surface area contributed by atoms with Gasteiger partial charge in [-0.05, 0) is 70.4 Å². The molecule has 3 rings (SSSR count). The Balaban J connectivity index is 1.77. The second-order valence-corrected chi connectivity index (χ2v) is 7.15. The normalized spacial score (nSPS) is 14.7. The van der Waals surface area contributed by atoms with Gasteiger partial charge in [-0.15, -0.1) is 0 Å². The van der Waals surface area contributed by atoms with Gasteiger partial charge in [-0.2, -0.15) is 5.10 Å². The first-order valence-corrected chi connectivity index (χ1v) is 9.70. The van der Waals surface area contributed by atoms with Gasteiger partial charge in [0, 0.05) is 36.4 Å². The molecule has 0 aliphatic heterocycles. The standard InChI is InChI=1S/C21H28N4O2/c1-5-24(6-2)17-9-10-18(14(3)13-17)22-21(27)15(4)25-20(26)12-11-19(23-25)16-7-8-16/h9-13,15-16H,5-8H2,1-4H3,(H,22,27). The van der Waals surface area contributed by atoms with Crippen LogP contribution in [0.1, 0.15) is 56.8 Å². The Kier molecular flexibility index (Phi) is 5.63. The van der Waals surface area contributed by atoms with E-state index in [0.29, 0.717) is 5.92 Å². The molecule has 0 radical (unpaired) electrons. The third-order valence-corrected chi connectivity index (χ3v) is 5.18. The van der Waals surface area contributed by atoms with E-state index in [1.54, 1.807) is 13.0 Å². The van der Waals surface area contributed by atoms with E-state index in [-0.39, 0.29) is 11.5 Å². The van der Waals surface area contributed by atoms with E-state index in [4.69, 9.17) is 0 Å². The average Bonchev–Trinajstić information content (AvgIpc) is 3.50. The van der Waals surface area contributed by atoms with Gasteiger partial charge in [0.2, 0.25) is 5.91 Å². The van der Waals surface area contributed by atoms with E-state index in [1.807, 2.05) is 19.1 Å². The zero-order valence-corrected chi connectivity index (χ0v) is 16.5. The molecule has 0 saturated heterocycles. The van der Waals surface area contributed by atoms with Crippen molar-refractivity contribution in [2.24, 2.45) is 0 Å². The number of benzene rings is 1. The molecule has 27 heavy (non-hydrogen) atoms. The molecule has 1 atom stereocenters. The molecule has 1 aliphatic rings. The highest BCUT2D eigenvalue weighted by Gasteiger charge is 2.27. The van der Waals surface area contributed by atoms with E-state index in [2.05, 4.69) is 35.2 Å². The quantitative estimate of drug-likeness (QED) is 0.812. The molecule has 1 aliphatic carbocycles. The maximum Gasteiger partial charge on any atom is 0.267 e. The minimum Gasteiger partial charge on any atom is -0.372 e. The molecule has 1 saturated carbocycles. The van der Waals surface area contributed by atoms with Gasteiger partial charge in [-0.1, -0.05) is 0 Å². The largest absolute Gasteiger partial charge is 0.372 e. The molecule has 2 aromatic rings. The summed E-state index contributed by atoms with van der Waals surface area (Å²) in [6.45, 7) is 9.80. The highest BCUT2D eigenvalue weighted by molar-refractivity contribution is 5.94. The molecule has 1 heterocycles. The topological polar surface area (TPSA) is 67.2 Å². The number of rotatable bonds is 7. The lowest BCUT2D eigenvalue weighted by Crippen LogP contribution is -2.33. The molecular formula is C21H28N4O2. The zero-order chi connectivity index (χ0) is 19.6. The minimum absolute atomic E-state index is 0.240. The highest BCUT2D eigenvalue weighted by atomic mass is 16.2. The van der Waals surface area contributed by atoms with E-state index in [0.717, 1.165) is 48.6 Å². The van der Waals surface area contributed by atoms with Crippen molar-refractivity contribution in [2.45, 2.75) is 52.5 Å². The summed E-state index contributed by atoms with van der Waals surface area (Å²) in [5.74, 6) is 0.193. The third-order valence-electron chi connectivity index (χ3n) is 5.18. The summed E-state index contributed by atoms with van der Waals surface area (Å²) in [6.07, 6.45) is 2.20. The molecule has 6 heteroatoms. The van der Waals surface area contributed by atoms with Crippen LogP contribution in [0.15, 0.2) is 35.1 Å². The summed E-state index contributed by atoms with van der Waals surface area (Å²) in [5.41, 5.74) is 3.53. The Morgan fingerprint density at radius 1 is 1.26 bits per heavy atom.